The van der Waals surface area contributed by atoms with Crippen molar-refractivity contribution in [1.29, 1.82) is 0 Å². The topological polar surface area (TPSA) is 82.0 Å². The standard InChI is InChI=1S/C28H30N2O5/c1-3-34-22(31)10-13-30-19-7-5-4-6-17(19)18-15-28(32)21-14-16-8-9-20(33-2)25-23(16)27(28,11-12-29-21)26(35-25)24(18)30/h4-9,21,26,29,32H,3,10-15H2,1-2H3/t21-,26+,27-,28+/m0/s1. The SMILES string of the molecule is CCOC(=O)CCn1c2c(c3ccccc31)C[C@@]1(O)[C@@H]3Cc4ccc(OC)c5c4[C@@]1(CCN3)[C@@H]2O5. The van der Waals surface area contributed by atoms with Crippen molar-refractivity contribution in [3.8, 4) is 11.5 Å². The number of nitrogens with one attached hydrogen (secondary N) is 1. The van der Waals surface area contributed by atoms with Crippen molar-refractivity contribution in [1.82, 2.24) is 9.88 Å². The fourth-order valence-electron chi connectivity index (χ4n) is 7.59. The molecule has 0 saturated carbocycles. The maximum atomic E-state index is 12.6. The van der Waals surface area contributed by atoms with Gasteiger partial charge in [0.25, 0.3) is 0 Å². The number of aliphatic hydroxyl groups is 1. The Balaban J connectivity index is 1.49. The monoisotopic (exact) mass is 474 g/mol. The molecule has 1 aromatic heterocycles. The average Bonchev–Trinajstić information content (AvgIpc) is 3.35. The van der Waals surface area contributed by atoms with Crippen LogP contribution in [0, 0.1) is 0 Å². The van der Waals surface area contributed by atoms with Crippen LogP contribution in [0.25, 0.3) is 10.9 Å². The summed E-state index contributed by atoms with van der Waals surface area (Å²) in [5.41, 5.74) is 4.06. The third kappa shape index (κ3) is 2.50. The number of ether oxygens (including phenoxy) is 3. The maximum absolute atomic E-state index is 12.6. The van der Waals surface area contributed by atoms with Crippen molar-refractivity contribution in [2.75, 3.05) is 20.3 Å². The van der Waals surface area contributed by atoms with Crippen LogP contribution in [0.2, 0.25) is 0 Å². The quantitative estimate of drug-likeness (QED) is 0.553. The highest BCUT2D eigenvalue weighted by atomic mass is 16.5. The van der Waals surface area contributed by atoms with Crippen LogP contribution >= 0.6 is 0 Å². The third-order valence-corrected chi connectivity index (χ3v) is 8.90. The fraction of sp³-hybridized carbons (Fsp3) is 0.464. The van der Waals surface area contributed by atoms with Crippen LogP contribution in [0.1, 0.15) is 48.3 Å². The van der Waals surface area contributed by atoms with Gasteiger partial charge in [-0.3, -0.25) is 4.79 Å². The van der Waals surface area contributed by atoms with Gasteiger partial charge in [0.2, 0.25) is 0 Å². The molecule has 1 spiro atoms. The number of carbonyl (C=O) groups excluding carboxylic acids is 1. The molecule has 4 atom stereocenters. The van der Waals surface area contributed by atoms with E-state index in [9.17, 15) is 9.90 Å². The molecule has 2 bridgehead atoms. The molecule has 7 rings (SSSR count). The summed E-state index contributed by atoms with van der Waals surface area (Å²) in [6.45, 7) is 3.53. The molecule has 182 valence electrons. The van der Waals surface area contributed by atoms with Crippen LogP contribution in [0.3, 0.4) is 0 Å². The van der Waals surface area contributed by atoms with Gasteiger partial charge in [-0.2, -0.15) is 0 Å². The predicted molar refractivity (Wildman–Crippen MR) is 130 cm³/mol. The Kier molecular flexibility index (Phi) is 4.40. The first-order chi connectivity index (χ1) is 17.0. The molecule has 2 aliphatic heterocycles. The third-order valence-electron chi connectivity index (χ3n) is 8.90. The molecule has 3 heterocycles. The van der Waals surface area contributed by atoms with E-state index in [1.165, 1.54) is 5.56 Å². The van der Waals surface area contributed by atoms with Crippen molar-refractivity contribution in [3.63, 3.8) is 0 Å². The number of aryl methyl sites for hydroxylation is 1. The van der Waals surface area contributed by atoms with Crippen LogP contribution in [0.5, 0.6) is 11.5 Å². The van der Waals surface area contributed by atoms with Crippen LogP contribution < -0.4 is 14.8 Å². The van der Waals surface area contributed by atoms with E-state index >= 15 is 0 Å². The highest BCUT2D eigenvalue weighted by Crippen LogP contribution is 2.68. The van der Waals surface area contributed by atoms with E-state index in [2.05, 4.69) is 28.1 Å². The maximum Gasteiger partial charge on any atom is 0.307 e. The summed E-state index contributed by atoms with van der Waals surface area (Å²) >= 11 is 0. The van der Waals surface area contributed by atoms with E-state index in [1.807, 2.05) is 25.1 Å². The van der Waals surface area contributed by atoms with Crippen LogP contribution in [0.15, 0.2) is 36.4 Å². The van der Waals surface area contributed by atoms with Gasteiger partial charge in [-0.25, -0.2) is 0 Å². The zero-order chi connectivity index (χ0) is 23.9. The largest absolute Gasteiger partial charge is 0.493 e. The summed E-state index contributed by atoms with van der Waals surface area (Å²) < 4.78 is 20.1. The Morgan fingerprint density at radius 1 is 1.29 bits per heavy atom. The Hall–Kier alpha value is -3.03. The number of carbonyl (C=O) groups is 1. The summed E-state index contributed by atoms with van der Waals surface area (Å²) in [5.74, 6) is 1.27. The number of para-hydroxylation sites is 1. The van der Waals surface area contributed by atoms with Gasteiger partial charge in [0, 0.05) is 35.5 Å². The van der Waals surface area contributed by atoms with Crippen LogP contribution in [0.4, 0.5) is 0 Å². The van der Waals surface area contributed by atoms with Gasteiger partial charge in [0.05, 0.1) is 36.8 Å². The number of piperidine rings is 1. The average molecular weight is 475 g/mol. The van der Waals surface area contributed by atoms with Gasteiger partial charge < -0.3 is 29.2 Å². The molecule has 2 N–H and O–H groups in total. The predicted octanol–water partition coefficient (Wildman–Crippen LogP) is 3.18. The first kappa shape index (κ1) is 21.3. The molecule has 2 aliphatic carbocycles. The summed E-state index contributed by atoms with van der Waals surface area (Å²) in [7, 11) is 1.67. The van der Waals surface area contributed by atoms with Crippen molar-refractivity contribution in [3.05, 3.63) is 58.8 Å². The molecule has 4 aliphatic rings. The second kappa shape index (κ2) is 7.24. The Morgan fingerprint density at radius 2 is 2.14 bits per heavy atom. The van der Waals surface area contributed by atoms with E-state index < -0.39 is 11.0 Å². The number of benzene rings is 2. The minimum Gasteiger partial charge on any atom is -0.493 e. The summed E-state index contributed by atoms with van der Waals surface area (Å²) in [4.78, 5) is 12.3. The highest BCUT2D eigenvalue weighted by molar-refractivity contribution is 5.87. The minimum atomic E-state index is -0.983. The van der Waals surface area contributed by atoms with Crippen molar-refractivity contribution < 1.29 is 24.1 Å². The van der Waals surface area contributed by atoms with E-state index in [4.69, 9.17) is 14.2 Å². The summed E-state index contributed by atoms with van der Waals surface area (Å²) in [5, 5.41) is 17.4. The lowest BCUT2D eigenvalue weighted by Crippen LogP contribution is -2.73. The number of hydrogen-bond acceptors (Lipinski definition) is 6. The minimum absolute atomic E-state index is 0.0519. The van der Waals surface area contributed by atoms with Gasteiger partial charge in [0.15, 0.2) is 17.6 Å². The second-order valence-corrected chi connectivity index (χ2v) is 10.2. The summed E-state index contributed by atoms with van der Waals surface area (Å²) in [6, 6.07) is 12.4. The first-order valence-corrected chi connectivity index (χ1v) is 12.6. The molecule has 2 aromatic carbocycles. The van der Waals surface area contributed by atoms with Crippen molar-refractivity contribution in [2.24, 2.45) is 0 Å². The van der Waals surface area contributed by atoms with Gasteiger partial charge in [-0.15, -0.1) is 0 Å². The van der Waals surface area contributed by atoms with E-state index in [-0.39, 0.29) is 24.5 Å². The van der Waals surface area contributed by atoms with Gasteiger partial charge in [0.1, 0.15) is 0 Å². The van der Waals surface area contributed by atoms with Crippen molar-refractivity contribution in [2.45, 2.75) is 62.3 Å². The Morgan fingerprint density at radius 3 is 2.97 bits per heavy atom. The highest BCUT2D eigenvalue weighted by Gasteiger charge is 2.71. The summed E-state index contributed by atoms with van der Waals surface area (Å²) in [6.07, 6.45) is 2.01. The fourth-order valence-corrected chi connectivity index (χ4v) is 7.59. The molecule has 0 radical (unpaired) electrons. The Bertz CT molecular complexity index is 1380. The number of esters is 1. The van der Waals surface area contributed by atoms with E-state index in [0.717, 1.165) is 52.9 Å². The van der Waals surface area contributed by atoms with Gasteiger partial charge in [-0.05, 0) is 49.6 Å². The van der Waals surface area contributed by atoms with Crippen molar-refractivity contribution >= 4 is 16.9 Å². The molecule has 7 heteroatoms. The molecule has 7 nitrogen and oxygen atoms in total. The zero-order valence-electron chi connectivity index (χ0n) is 20.1. The lowest BCUT2D eigenvalue weighted by molar-refractivity contribution is -0.143. The number of methoxy groups -OCH3 is 1. The first-order valence-electron chi connectivity index (χ1n) is 12.6. The molecule has 1 fully saturated rings. The molecule has 1 saturated heterocycles. The second-order valence-electron chi connectivity index (χ2n) is 10.2. The molecule has 3 aromatic rings. The lowest BCUT2D eigenvalue weighted by Gasteiger charge is -2.60. The number of rotatable bonds is 5. The number of fused-ring (bicyclic) bond motifs is 4. The number of aromatic nitrogens is 1. The van der Waals surface area contributed by atoms with Crippen LogP contribution in [-0.4, -0.2) is 47.5 Å². The molecule has 35 heavy (non-hydrogen) atoms. The van der Waals surface area contributed by atoms with Gasteiger partial charge in [-0.1, -0.05) is 24.3 Å². The molecule has 0 unspecified atom stereocenters. The molecule has 0 amide bonds. The number of hydrogen-bond donors (Lipinski definition) is 2. The van der Waals surface area contributed by atoms with E-state index in [1.54, 1.807) is 7.11 Å². The smallest absolute Gasteiger partial charge is 0.307 e. The van der Waals surface area contributed by atoms with E-state index in [0.29, 0.717) is 25.3 Å². The normalized spacial score (nSPS) is 29.3. The molecular formula is C28H30N2O5. The number of nitrogens with zero attached hydrogens (tertiary/aromatic N) is 1. The zero-order valence-corrected chi connectivity index (χ0v) is 20.1. The molecular weight excluding hydrogens is 444 g/mol. The van der Waals surface area contributed by atoms with Crippen LogP contribution in [-0.2, 0) is 34.3 Å². The lowest BCUT2D eigenvalue weighted by atomic mass is 9.49. The van der Waals surface area contributed by atoms with Gasteiger partial charge >= 0.3 is 5.97 Å². The Labute approximate surface area is 204 Å².